The Morgan fingerprint density at radius 1 is 1.53 bits per heavy atom. The summed E-state index contributed by atoms with van der Waals surface area (Å²) in [6.45, 7) is 0.0321. The highest BCUT2D eigenvalue weighted by molar-refractivity contribution is 5.66. The van der Waals surface area contributed by atoms with E-state index in [1.54, 1.807) is 6.07 Å². The van der Waals surface area contributed by atoms with Crippen molar-refractivity contribution in [3.05, 3.63) is 35.4 Å². The first kappa shape index (κ1) is 13.1. The molecule has 17 heavy (non-hydrogen) atoms. The van der Waals surface area contributed by atoms with E-state index >= 15 is 0 Å². The number of carboxylic acid groups (broad SMARTS) is 1. The van der Waals surface area contributed by atoms with Crippen molar-refractivity contribution in [1.82, 2.24) is 5.32 Å². The molecule has 0 saturated heterocycles. The summed E-state index contributed by atoms with van der Waals surface area (Å²) in [7, 11) is 0. The number of aliphatic carboxylic acids is 1. The Bertz CT molecular complexity index is 457. The van der Waals surface area contributed by atoms with Gasteiger partial charge in [-0.2, -0.15) is 5.26 Å². The van der Waals surface area contributed by atoms with Crippen molar-refractivity contribution >= 4 is 5.97 Å². The molecule has 0 bridgehead atoms. The molecule has 0 aliphatic heterocycles. The largest absolute Gasteiger partial charge is 0.481 e. The fourth-order valence-electron chi connectivity index (χ4n) is 1.28. The molecule has 1 atom stereocenters. The lowest BCUT2D eigenvalue weighted by molar-refractivity contribution is -0.136. The van der Waals surface area contributed by atoms with Crippen LogP contribution in [-0.2, 0) is 4.79 Å². The lowest BCUT2D eigenvalue weighted by atomic mass is 10.1. The molecule has 1 aromatic rings. The van der Waals surface area contributed by atoms with Crippen LogP contribution < -0.4 is 5.32 Å². The Kier molecular flexibility index (Phi) is 4.55. The zero-order chi connectivity index (χ0) is 12.8. The smallest absolute Gasteiger partial charge is 0.304 e. The molecule has 0 spiro atoms. The Balaban J connectivity index is 2.73. The van der Waals surface area contributed by atoms with Crippen LogP contribution in [0.3, 0.4) is 0 Å². The van der Waals surface area contributed by atoms with Crippen LogP contribution in [0.1, 0.15) is 18.0 Å². The number of benzene rings is 1. The topological polar surface area (TPSA) is 73.1 Å². The second kappa shape index (κ2) is 5.92. The molecule has 0 saturated carbocycles. The average Bonchev–Trinajstić information content (AvgIpc) is 2.25. The number of carboxylic acids is 1. The van der Waals surface area contributed by atoms with Crippen molar-refractivity contribution in [2.45, 2.75) is 12.5 Å². The number of hydrogen-bond donors (Lipinski definition) is 2. The number of rotatable bonds is 5. The van der Waals surface area contributed by atoms with E-state index in [1.165, 1.54) is 0 Å². The molecule has 2 N–H and O–H groups in total. The summed E-state index contributed by atoms with van der Waals surface area (Å²) in [6.07, 6.45) is -0.180. The predicted molar refractivity (Wildman–Crippen MR) is 55.0 cm³/mol. The minimum absolute atomic E-state index is 0.000659. The van der Waals surface area contributed by atoms with E-state index in [0.29, 0.717) is 6.07 Å². The zero-order valence-electron chi connectivity index (χ0n) is 8.78. The van der Waals surface area contributed by atoms with Crippen LogP contribution in [-0.4, -0.2) is 17.6 Å². The maximum Gasteiger partial charge on any atom is 0.304 e. The number of nitriles is 1. The van der Waals surface area contributed by atoms with Gasteiger partial charge in [0, 0.05) is 18.2 Å². The Morgan fingerprint density at radius 2 is 2.24 bits per heavy atom. The van der Waals surface area contributed by atoms with Crippen LogP contribution in [0.2, 0.25) is 0 Å². The van der Waals surface area contributed by atoms with Gasteiger partial charge in [-0.1, -0.05) is 6.07 Å². The summed E-state index contributed by atoms with van der Waals surface area (Å²) in [5.74, 6) is -2.58. The van der Waals surface area contributed by atoms with Gasteiger partial charge in [-0.15, -0.1) is 0 Å². The van der Waals surface area contributed by atoms with E-state index in [1.807, 2.05) is 0 Å². The number of nitrogens with zero attached hydrogens (tertiary/aromatic N) is 1. The van der Waals surface area contributed by atoms with E-state index < -0.39 is 23.6 Å². The minimum Gasteiger partial charge on any atom is -0.481 e. The highest BCUT2D eigenvalue weighted by Crippen LogP contribution is 2.17. The van der Waals surface area contributed by atoms with Gasteiger partial charge < -0.3 is 5.11 Å². The summed E-state index contributed by atoms with van der Waals surface area (Å²) in [6, 6.07) is 3.68. The van der Waals surface area contributed by atoms with Crippen molar-refractivity contribution in [2.24, 2.45) is 0 Å². The molecular formula is C11H10F2N2O2. The first-order valence-electron chi connectivity index (χ1n) is 4.84. The first-order chi connectivity index (χ1) is 8.04. The predicted octanol–water partition coefficient (Wildman–Crippen LogP) is 1.59. The molecule has 0 aliphatic rings. The van der Waals surface area contributed by atoms with E-state index in [2.05, 4.69) is 5.32 Å². The molecule has 0 aromatic heterocycles. The van der Waals surface area contributed by atoms with Crippen molar-refractivity contribution in [1.29, 1.82) is 5.26 Å². The normalized spacial score (nSPS) is 11.8. The van der Waals surface area contributed by atoms with Gasteiger partial charge in [0.1, 0.15) is 17.7 Å². The zero-order valence-corrected chi connectivity index (χ0v) is 8.78. The monoisotopic (exact) mass is 240 g/mol. The van der Waals surface area contributed by atoms with Gasteiger partial charge in [0.25, 0.3) is 0 Å². The van der Waals surface area contributed by atoms with Gasteiger partial charge in [-0.25, -0.2) is 8.78 Å². The summed E-state index contributed by atoms with van der Waals surface area (Å²) < 4.78 is 26.0. The van der Waals surface area contributed by atoms with Crippen molar-refractivity contribution in [2.75, 3.05) is 6.54 Å². The number of halogens is 2. The van der Waals surface area contributed by atoms with Gasteiger partial charge in [-0.3, -0.25) is 10.1 Å². The Labute approximate surface area is 96.5 Å². The van der Waals surface area contributed by atoms with Gasteiger partial charge in [0.05, 0.1) is 12.5 Å². The average molecular weight is 240 g/mol. The molecule has 0 radical (unpaired) electrons. The summed E-state index contributed by atoms with van der Waals surface area (Å²) in [4.78, 5) is 10.3. The fraction of sp³-hybridized carbons (Fsp3) is 0.273. The Morgan fingerprint density at radius 3 is 2.76 bits per heavy atom. The Hall–Kier alpha value is -2.00. The quantitative estimate of drug-likeness (QED) is 0.819. The SMILES string of the molecule is N#CC(NCCC(=O)O)c1ccc(F)cc1F. The van der Waals surface area contributed by atoms with Gasteiger partial charge in [-0.05, 0) is 6.07 Å². The van der Waals surface area contributed by atoms with Gasteiger partial charge >= 0.3 is 5.97 Å². The van der Waals surface area contributed by atoms with E-state index in [9.17, 15) is 13.6 Å². The van der Waals surface area contributed by atoms with Gasteiger partial charge in [0.15, 0.2) is 0 Å². The molecule has 4 nitrogen and oxygen atoms in total. The summed E-state index contributed by atoms with van der Waals surface area (Å²) >= 11 is 0. The third-order valence-electron chi connectivity index (χ3n) is 2.09. The van der Waals surface area contributed by atoms with Crippen LogP contribution in [0.4, 0.5) is 8.78 Å². The second-order valence-electron chi connectivity index (χ2n) is 3.33. The van der Waals surface area contributed by atoms with Crippen LogP contribution >= 0.6 is 0 Å². The number of hydrogen-bond acceptors (Lipinski definition) is 3. The fourth-order valence-corrected chi connectivity index (χ4v) is 1.28. The maximum atomic E-state index is 13.3. The first-order valence-corrected chi connectivity index (χ1v) is 4.84. The standard InChI is InChI=1S/C11H10F2N2O2/c12-7-1-2-8(9(13)5-7)10(6-14)15-4-3-11(16)17/h1-2,5,10,15H,3-4H2,(H,16,17). The number of carbonyl (C=O) groups is 1. The summed E-state index contributed by atoms with van der Waals surface area (Å²) in [5.41, 5.74) is -0.000659. The maximum absolute atomic E-state index is 13.3. The van der Waals surface area contributed by atoms with Crippen LogP contribution in [0.15, 0.2) is 18.2 Å². The minimum atomic E-state index is -1.02. The molecule has 1 unspecified atom stereocenters. The molecule has 0 heterocycles. The molecule has 0 amide bonds. The molecule has 90 valence electrons. The van der Waals surface area contributed by atoms with Crippen molar-refractivity contribution < 1.29 is 18.7 Å². The lowest BCUT2D eigenvalue weighted by Crippen LogP contribution is -2.23. The molecule has 0 aliphatic carbocycles. The molecule has 0 fully saturated rings. The molecular weight excluding hydrogens is 230 g/mol. The number of nitrogens with one attached hydrogen (secondary N) is 1. The van der Waals surface area contributed by atoms with E-state index in [4.69, 9.17) is 10.4 Å². The highest BCUT2D eigenvalue weighted by Gasteiger charge is 2.15. The molecule has 1 aromatic carbocycles. The van der Waals surface area contributed by atoms with E-state index in [-0.39, 0.29) is 18.5 Å². The van der Waals surface area contributed by atoms with Crippen LogP contribution in [0.5, 0.6) is 0 Å². The van der Waals surface area contributed by atoms with Crippen molar-refractivity contribution in [3.63, 3.8) is 0 Å². The second-order valence-corrected chi connectivity index (χ2v) is 3.33. The highest BCUT2D eigenvalue weighted by atomic mass is 19.1. The van der Waals surface area contributed by atoms with Crippen molar-refractivity contribution in [3.8, 4) is 6.07 Å². The van der Waals surface area contributed by atoms with E-state index in [0.717, 1.165) is 12.1 Å². The lowest BCUT2D eigenvalue weighted by Gasteiger charge is -2.11. The van der Waals surface area contributed by atoms with Crippen LogP contribution in [0, 0.1) is 23.0 Å². The third-order valence-corrected chi connectivity index (χ3v) is 2.09. The van der Waals surface area contributed by atoms with Gasteiger partial charge in [0.2, 0.25) is 0 Å². The molecule has 6 heteroatoms. The third kappa shape index (κ3) is 3.81. The molecule has 1 rings (SSSR count). The van der Waals surface area contributed by atoms with Crippen LogP contribution in [0.25, 0.3) is 0 Å². The summed E-state index contributed by atoms with van der Waals surface area (Å²) in [5, 5.41) is 19.8.